The molecule has 0 N–H and O–H groups in total. The van der Waals surface area contributed by atoms with Gasteiger partial charge in [0.1, 0.15) is 5.82 Å². The van der Waals surface area contributed by atoms with Crippen LogP contribution in [0.3, 0.4) is 0 Å². The number of hydrogen-bond acceptors (Lipinski definition) is 4. The fraction of sp³-hybridized carbons (Fsp3) is 0.667. The lowest BCUT2D eigenvalue weighted by atomic mass is 9.96. The monoisotopic (exact) mass is 339 g/mol. The lowest BCUT2D eigenvalue weighted by Crippen LogP contribution is -2.43. The predicted octanol–water partition coefficient (Wildman–Crippen LogP) is 2.39. The van der Waals surface area contributed by atoms with E-state index in [-0.39, 0.29) is 0 Å². The Labute approximate surface area is 129 Å². The van der Waals surface area contributed by atoms with E-state index in [9.17, 15) is 0 Å². The maximum atomic E-state index is 5.41. The summed E-state index contributed by atoms with van der Waals surface area (Å²) < 4.78 is 6.46. The number of hydrogen-bond donors (Lipinski definition) is 0. The van der Waals surface area contributed by atoms with Gasteiger partial charge in [0, 0.05) is 43.4 Å². The normalized spacial score (nSPS) is 22.1. The zero-order chi connectivity index (χ0) is 13.8. The van der Waals surface area contributed by atoms with Crippen molar-refractivity contribution in [3.8, 4) is 0 Å². The summed E-state index contributed by atoms with van der Waals surface area (Å²) >= 11 is 3.44. The van der Waals surface area contributed by atoms with Gasteiger partial charge in [-0.2, -0.15) is 0 Å². The molecule has 4 nitrogen and oxygen atoms in total. The summed E-state index contributed by atoms with van der Waals surface area (Å²) in [4.78, 5) is 9.46. The van der Waals surface area contributed by atoms with Crippen LogP contribution in [0.2, 0.25) is 0 Å². The molecule has 3 rings (SSSR count). The van der Waals surface area contributed by atoms with E-state index in [0.717, 1.165) is 55.6 Å². The van der Waals surface area contributed by atoms with Crippen LogP contribution in [-0.2, 0) is 4.74 Å². The molecule has 110 valence electrons. The first kappa shape index (κ1) is 14.3. The first-order valence-corrected chi connectivity index (χ1v) is 8.27. The van der Waals surface area contributed by atoms with Crippen molar-refractivity contribution in [1.82, 2.24) is 9.88 Å². The second-order valence-corrected chi connectivity index (χ2v) is 6.59. The van der Waals surface area contributed by atoms with Crippen LogP contribution in [-0.4, -0.2) is 55.8 Å². The number of pyridine rings is 1. The van der Waals surface area contributed by atoms with Crippen LogP contribution in [0.15, 0.2) is 22.8 Å². The minimum atomic E-state index is 0.833. The number of anilines is 1. The van der Waals surface area contributed by atoms with Gasteiger partial charge < -0.3 is 9.64 Å². The average molecular weight is 340 g/mol. The van der Waals surface area contributed by atoms with Crippen LogP contribution in [0.4, 0.5) is 5.82 Å². The number of morpholine rings is 1. The summed E-state index contributed by atoms with van der Waals surface area (Å²) in [7, 11) is 0. The second kappa shape index (κ2) is 6.87. The van der Waals surface area contributed by atoms with Gasteiger partial charge in [-0.1, -0.05) is 0 Å². The number of halogens is 1. The SMILES string of the molecule is Brc1ccc(N2CCC(CN3CCOCC3)CC2)nc1. The predicted molar refractivity (Wildman–Crippen MR) is 84.1 cm³/mol. The second-order valence-electron chi connectivity index (χ2n) is 5.68. The van der Waals surface area contributed by atoms with Crippen molar-refractivity contribution in [2.24, 2.45) is 5.92 Å². The van der Waals surface area contributed by atoms with Gasteiger partial charge in [0.2, 0.25) is 0 Å². The molecule has 2 aliphatic heterocycles. The zero-order valence-corrected chi connectivity index (χ0v) is 13.4. The van der Waals surface area contributed by atoms with Gasteiger partial charge in [0.15, 0.2) is 0 Å². The fourth-order valence-electron chi connectivity index (χ4n) is 3.05. The van der Waals surface area contributed by atoms with Crippen molar-refractivity contribution in [3.05, 3.63) is 22.8 Å². The van der Waals surface area contributed by atoms with Crippen molar-refractivity contribution in [1.29, 1.82) is 0 Å². The van der Waals surface area contributed by atoms with Crippen molar-refractivity contribution < 1.29 is 4.74 Å². The molecule has 0 spiro atoms. The first-order chi connectivity index (χ1) is 9.81. The molecule has 2 fully saturated rings. The Balaban J connectivity index is 1.47. The van der Waals surface area contributed by atoms with Gasteiger partial charge in [0.25, 0.3) is 0 Å². The number of piperidine rings is 1. The van der Waals surface area contributed by atoms with Crippen LogP contribution >= 0.6 is 15.9 Å². The number of rotatable bonds is 3. The van der Waals surface area contributed by atoms with Gasteiger partial charge in [-0.15, -0.1) is 0 Å². The van der Waals surface area contributed by atoms with E-state index < -0.39 is 0 Å². The standard InChI is InChI=1S/C15H22BrN3O/c16-14-1-2-15(17-11-14)19-5-3-13(4-6-19)12-18-7-9-20-10-8-18/h1-2,11,13H,3-10,12H2. The third kappa shape index (κ3) is 3.71. The van der Waals surface area contributed by atoms with Crippen molar-refractivity contribution in [2.45, 2.75) is 12.8 Å². The number of ether oxygens (including phenoxy) is 1. The Morgan fingerprint density at radius 3 is 2.55 bits per heavy atom. The van der Waals surface area contributed by atoms with Crippen LogP contribution in [0.1, 0.15) is 12.8 Å². The van der Waals surface area contributed by atoms with Gasteiger partial charge >= 0.3 is 0 Å². The third-order valence-electron chi connectivity index (χ3n) is 4.27. The van der Waals surface area contributed by atoms with Crippen molar-refractivity contribution in [2.75, 3.05) is 50.8 Å². The Kier molecular flexibility index (Phi) is 4.91. The summed E-state index contributed by atoms with van der Waals surface area (Å²) in [6.07, 6.45) is 4.43. The molecule has 0 aromatic carbocycles. The van der Waals surface area contributed by atoms with Crippen LogP contribution in [0.5, 0.6) is 0 Å². The highest BCUT2D eigenvalue weighted by Gasteiger charge is 2.22. The Morgan fingerprint density at radius 2 is 1.90 bits per heavy atom. The van der Waals surface area contributed by atoms with E-state index in [4.69, 9.17) is 4.74 Å². The van der Waals surface area contributed by atoms with Gasteiger partial charge in [0.05, 0.1) is 13.2 Å². The minimum Gasteiger partial charge on any atom is -0.379 e. The fourth-order valence-corrected chi connectivity index (χ4v) is 3.28. The van der Waals surface area contributed by atoms with E-state index in [2.05, 4.69) is 42.8 Å². The Hall–Kier alpha value is -0.650. The van der Waals surface area contributed by atoms with Crippen LogP contribution < -0.4 is 4.90 Å². The summed E-state index contributed by atoms with van der Waals surface area (Å²) in [5, 5.41) is 0. The molecule has 0 bridgehead atoms. The van der Waals surface area contributed by atoms with Gasteiger partial charge in [-0.3, -0.25) is 4.90 Å². The van der Waals surface area contributed by atoms with E-state index in [0.29, 0.717) is 0 Å². The van der Waals surface area contributed by atoms with Crippen molar-refractivity contribution in [3.63, 3.8) is 0 Å². The smallest absolute Gasteiger partial charge is 0.128 e. The lowest BCUT2D eigenvalue weighted by Gasteiger charge is -2.36. The number of aromatic nitrogens is 1. The summed E-state index contributed by atoms with van der Waals surface area (Å²) in [6.45, 7) is 7.52. The molecular weight excluding hydrogens is 318 g/mol. The molecule has 0 amide bonds. The van der Waals surface area contributed by atoms with Crippen LogP contribution in [0, 0.1) is 5.92 Å². The first-order valence-electron chi connectivity index (χ1n) is 7.48. The minimum absolute atomic E-state index is 0.833. The molecule has 0 saturated carbocycles. The van der Waals surface area contributed by atoms with Crippen molar-refractivity contribution >= 4 is 21.7 Å². The molecule has 0 aliphatic carbocycles. The molecule has 3 heterocycles. The van der Waals surface area contributed by atoms with Crippen LogP contribution in [0.25, 0.3) is 0 Å². The molecule has 5 heteroatoms. The molecule has 20 heavy (non-hydrogen) atoms. The quantitative estimate of drug-likeness (QED) is 0.845. The molecule has 0 radical (unpaired) electrons. The van der Waals surface area contributed by atoms with E-state index in [1.54, 1.807) is 0 Å². The maximum Gasteiger partial charge on any atom is 0.128 e. The molecule has 1 aromatic rings. The van der Waals surface area contributed by atoms with E-state index in [1.165, 1.54) is 19.4 Å². The van der Waals surface area contributed by atoms with E-state index >= 15 is 0 Å². The largest absolute Gasteiger partial charge is 0.379 e. The highest BCUT2D eigenvalue weighted by Crippen LogP contribution is 2.23. The molecular formula is C15H22BrN3O. The topological polar surface area (TPSA) is 28.6 Å². The highest BCUT2D eigenvalue weighted by atomic mass is 79.9. The van der Waals surface area contributed by atoms with E-state index in [1.807, 2.05) is 6.20 Å². The summed E-state index contributed by atoms with van der Waals surface area (Å²) in [5.74, 6) is 1.94. The van der Waals surface area contributed by atoms with Gasteiger partial charge in [-0.25, -0.2) is 4.98 Å². The lowest BCUT2D eigenvalue weighted by molar-refractivity contribution is 0.0289. The zero-order valence-electron chi connectivity index (χ0n) is 11.8. The highest BCUT2D eigenvalue weighted by molar-refractivity contribution is 9.10. The average Bonchev–Trinajstić information content (AvgIpc) is 2.50. The Bertz CT molecular complexity index is 412. The summed E-state index contributed by atoms with van der Waals surface area (Å²) in [6, 6.07) is 4.18. The molecule has 0 atom stereocenters. The molecule has 2 aliphatic rings. The molecule has 2 saturated heterocycles. The number of nitrogens with zero attached hydrogens (tertiary/aromatic N) is 3. The molecule has 1 aromatic heterocycles. The maximum absolute atomic E-state index is 5.41. The van der Waals surface area contributed by atoms with Gasteiger partial charge in [-0.05, 0) is 46.8 Å². The third-order valence-corrected chi connectivity index (χ3v) is 4.74. The summed E-state index contributed by atoms with van der Waals surface area (Å²) in [5.41, 5.74) is 0. The molecule has 0 unspecified atom stereocenters. The Morgan fingerprint density at radius 1 is 1.15 bits per heavy atom.